The van der Waals surface area contributed by atoms with Crippen molar-refractivity contribution in [3.63, 3.8) is 0 Å². The number of carbonyl (C=O) groups is 1. The lowest BCUT2D eigenvalue weighted by Gasteiger charge is -2.19. The zero-order chi connectivity index (χ0) is 15.0. The minimum atomic E-state index is -0.274. The maximum absolute atomic E-state index is 12.3. The van der Waals surface area contributed by atoms with Crippen LogP contribution in [0.3, 0.4) is 0 Å². The summed E-state index contributed by atoms with van der Waals surface area (Å²) in [5.41, 5.74) is 0.0862. The molecule has 0 aromatic carbocycles. The van der Waals surface area contributed by atoms with Gasteiger partial charge in [-0.1, -0.05) is 12.2 Å². The minimum Gasteiger partial charge on any atom is -0.491 e. The summed E-state index contributed by atoms with van der Waals surface area (Å²) in [7, 11) is 3.18. The first-order valence-electron chi connectivity index (χ1n) is 7.29. The number of amides is 1. The Hall–Kier alpha value is -2.04. The Morgan fingerprint density at radius 3 is 2.86 bits per heavy atom. The Kier molecular flexibility index (Phi) is 3.57. The molecular weight excluding hydrogens is 268 g/mol. The summed E-state index contributed by atoms with van der Waals surface area (Å²) in [6, 6.07) is 1.33. The summed E-state index contributed by atoms with van der Waals surface area (Å²) in [5, 5.41) is 2.96. The molecule has 2 bridgehead atoms. The molecule has 2 aliphatic carbocycles. The van der Waals surface area contributed by atoms with E-state index in [9.17, 15) is 9.59 Å². The molecule has 2 aliphatic rings. The highest BCUT2D eigenvalue weighted by molar-refractivity contribution is 5.92. The molecule has 112 valence electrons. The highest BCUT2D eigenvalue weighted by Crippen LogP contribution is 2.42. The third-order valence-corrected chi connectivity index (χ3v) is 4.60. The van der Waals surface area contributed by atoms with Gasteiger partial charge in [0.15, 0.2) is 5.75 Å². The molecule has 0 saturated heterocycles. The number of ether oxygens (including phenoxy) is 1. The van der Waals surface area contributed by atoms with Gasteiger partial charge in [-0.25, -0.2) is 0 Å². The number of nitrogens with zero attached hydrogens (tertiary/aromatic N) is 1. The van der Waals surface area contributed by atoms with Gasteiger partial charge in [0.25, 0.3) is 5.91 Å². The van der Waals surface area contributed by atoms with Gasteiger partial charge in [0.05, 0.1) is 13.3 Å². The number of allylic oxidation sites excluding steroid dienone is 2. The molecule has 0 unspecified atom stereocenters. The molecule has 5 heteroatoms. The molecule has 3 atom stereocenters. The van der Waals surface area contributed by atoms with Crippen LogP contribution in [0.5, 0.6) is 5.75 Å². The number of methoxy groups -OCH3 is 1. The zero-order valence-electron chi connectivity index (χ0n) is 12.3. The van der Waals surface area contributed by atoms with Crippen LogP contribution >= 0.6 is 0 Å². The van der Waals surface area contributed by atoms with Crippen molar-refractivity contribution in [1.29, 1.82) is 0 Å². The monoisotopic (exact) mass is 288 g/mol. The van der Waals surface area contributed by atoms with Crippen molar-refractivity contribution in [1.82, 2.24) is 9.88 Å². The summed E-state index contributed by atoms with van der Waals surface area (Å²) in [6.07, 6.45) is 8.48. The average molecular weight is 288 g/mol. The summed E-state index contributed by atoms with van der Waals surface area (Å²) in [4.78, 5) is 24.0. The number of fused-ring (bicyclic) bond motifs is 2. The first kappa shape index (κ1) is 13.9. The number of pyridine rings is 1. The first-order valence-corrected chi connectivity index (χ1v) is 7.29. The Labute approximate surface area is 123 Å². The molecule has 1 amide bonds. The van der Waals surface area contributed by atoms with Gasteiger partial charge < -0.3 is 14.6 Å². The van der Waals surface area contributed by atoms with E-state index in [1.54, 1.807) is 11.6 Å². The van der Waals surface area contributed by atoms with Crippen molar-refractivity contribution < 1.29 is 9.53 Å². The maximum atomic E-state index is 12.3. The highest BCUT2D eigenvalue weighted by atomic mass is 16.5. The lowest BCUT2D eigenvalue weighted by Crippen LogP contribution is -2.33. The van der Waals surface area contributed by atoms with Gasteiger partial charge >= 0.3 is 0 Å². The van der Waals surface area contributed by atoms with Gasteiger partial charge in [-0.05, 0) is 30.6 Å². The Morgan fingerprint density at radius 2 is 2.24 bits per heavy atom. The average Bonchev–Trinajstić information content (AvgIpc) is 3.09. The lowest BCUT2D eigenvalue weighted by atomic mass is 9.93. The van der Waals surface area contributed by atoms with Gasteiger partial charge in [-0.3, -0.25) is 9.59 Å². The fraction of sp³-hybridized carbons (Fsp3) is 0.500. The van der Waals surface area contributed by atoms with E-state index >= 15 is 0 Å². The van der Waals surface area contributed by atoms with Gasteiger partial charge in [0.2, 0.25) is 5.43 Å². The van der Waals surface area contributed by atoms with Crippen LogP contribution in [-0.4, -0.2) is 24.1 Å². The van der Waals surface area contributed by atoms with Crippen molar-refractivity contribution in [2.75, 3.05) is 13.7 Å². The molecule has 1 fully saturated rings. The molecule has 3 rings (SSSR count). The maximum Gasteiger partial charge on any atom is 0.268 e. The van der Waals surface area contributed by atoms with Crippen LogP contribution in [0, 0.1) is 17.8 Å². The Bertz CT molecular complexity index is 647. The molecule has 1 aromatic heterocycles. The number of nitrogens with one attached hydrogen (secondary N) is 1. The molecule has 1 saturated carbocycles. The predicted molar refractivity (Wildman–Crippen MR) is 79.4 cm³/mol. The number of carbonyl (C=O) groups excluding carboxylic acids is 1. The van der Waals surface area contributed by atoms with Crippen LogP contribution in [-0.2, 0) is 7.05 Å². The van der Waals surface area contributed by atoms with Crippen molar-refractivity contribution in [3.05, 3.63) is 40.3 Å². The standard InChI is InChI=1S/C16H20N2O3/c1-18-9-15(21-2)14(19)7-13(18)16(20)17-8-12-6-10-3-4-11(12)5-10/h3-4,7,9-12H,5-6,8H2,1-2H3,(H,17,20)/t10-,11-,12+/m0/s1. The molecule has 1 aromatic rings. The second kappa shape index (κ2) is 5.39. The molecule has 21 heavy (non-hydrogen) atoms. The van der Waals surface area contributed by atoms with E-state index in [1.165, 1.54) is 25.8 Å². The van der Waals surface area contributed by atoms with E-state index in [1.807, 2.05) is 0 Å². The van der Waals surface area contributed by atoms with Crippen LogP contribution in [0.15, 0.2) is 29.2 Å². The van der Waals surface area contributed by atoms with E-state index in [4.69, 9.17) is 4.74 Å². The van der Waals surface area contributed by atoms with Gasteiger partial charge in [0, 0.05) is 19.7 Å². The second-order valence-corrected chi connectivity index (χ2v) is 5.95. The Balaban J connectivity index is 1.67. The lowest BCUT2D eigenvalue weighted by molar-refractivity contribution is 0.0936. The number of rotatable bonds is 4. The highest BCUT2D eigenvalue weighted by Gasteiger charge is 2.35. The summed E-state index contributed by atoms with van der Waals surface area (Å²) in [5.74, 6) is 1.87. The SMILES string of the molecule is COc1cn(C)c(C(=O)NC[C@H]2C[C@H]3C=C[C@H]2C3)cc1=O. The normalized spacial score (nSPS) is 26.1. The third kappa shape index (κ3) is 2.60. The van der Waals surface area contributed by atoms with Gasteiger partial charge in [-0.15, -0.1) is 0 Å². The number of hydrogen-bond donors (Lipinski definition) is 1. The first-order chi connectivity index (χ1) is 10.1. The van der Waals surface area contributed by atoms with Crippen LogP contribution in [0.4, 0.5) is 0 Å². The molecular formula is C16H20N2O3. The van der Waals surface area contributed by atoms with Crippen molar-refractivity contribution in [2.45, 2.75) is 12.8 Å². The molecule has 1 N–H and O–H groups in total. The molecule has 0 aliphatic heterocycles. The summed E-state index contributed by atoms with van der Waals surface area (Å²) >= 11 is 0. The molecule has 0 radical (unpaired) electrons. The number of hydrogen-bond acceptors (Lipinski definition) is 3. The van der Waals surface area contributed by atoms with E-state index < -0.39 is 0 Å². The fourth-order valence-corrected chi connectivity index (χ4v) is 3.43. The fourth-order valence-electron chi connectivity index (χ4n) is 3.43. The summed E-state index contributed by atoms with van der Waals surface area (Å²) < 4.78 is 6.58. The van der Waals surface area contributed by atoms with E-state index in [-0.39, 0.29) is 17.1 Å². The molecule has 5 nitrogen and oxygen atoms in total. The van der Waals surface area contributed by atoms with Crippen molar-refractivity contribution in [3.8, 4) is 5.75 Å². The van der Waals surface area contributed by atoms with Crippen molar-refractivity contribution in [2.24, 2.45) is 24.8 Å². The largest absolute Gasteiger partial charge is 0.491 e. The smallest absolute Gasteiger partial charge is 0.268 e. The number of aryl methyl sites for hydroxylation is 1. The third-order valence-electron chi connectivity index (χ3n) is 4.60. The molecule has 1 heterocycles. The van der Waals surface area contributed by atoms with Crippen molar-refractivity contribution >= 4 is 5.91 Å². The predicted octanol–water partition coefficient (Wildman–Crippen LogP) is 1.34. The quantitative estimate of drug-likeness (QED) is 0.850. The minimum absolute atomic E-state index is 0.205. The zero-order valence-corrected chi connectivity index (χ0v) is 12.3. The van der Waals surface area contributed by atoms with E-state index in [0.717, 1.165) is 6.42 Å². The second-order valence-electron chi connectivity index (χ2n) is 5.95. The van der Waals surface area contributed by atoms with Crippen LogP contribution in [0.2, 0.25) is 0 Å². The Morgan fingerprint density at radius 1 is 1.43 bits per heavy atom. The van der Waals surface area contributed by atoms with Gasteiger partial charge in [-0.2, -0.15) is 0 Å². The van der Waals surface area contributed by atoms with Crippen LogP contribution in [0.25, 0.3) is 0 Å². The van der Waals surface area contributed by atoms with Gasteiger partial charge in [0.1, 0.15) is 5.69 Å². The van der Waals surface area contributed by atoms with E-state index in [0.29, 0.717) is 30.0 Å². The topological polar surface area (TPSA) is 60.3 Å². The molecule has 0 spiro atoms. The van der Waals surface area contributed by atoms with E-state index in [2.05, 4.69) is 17.5 Å². The van der Waals surface area contributed by atoms with Crippen LogP contribution in [0.1, 0.15) is 23.3 Å². The number of aromatic nitrogens is 1. The van der Waals surface area contributed by atoms with Crippen LogP contribution < -0.4 is 15.5 Å². The summed E-state index contributed by atoms with van der Waals surface area (Å²) in [6.45, 7) is 0.671.